The van der Waals surface area contributed by atoms with Gasteiger partial charge in [-0.25, -0.2) is 4.79 Å². The van der Waals surface area contributed by atoms with Crippen molar-refractivity contribution in [3.05, 3.63) is 28.7 Å². The largest absolute Gasteiger partial charge is 0.417 e. The summed E-state index contributed by atoms with van der Waals surface area (Å²) in [6.07, 6.45) is 0.408. The van der Waals surface area contributed by atoms with Gasteiger partial charge in [0.15, 0.2) is 10.7 Å². The number of benzene rings is 1. The van der Waals surface area contributed by atoms with E-state index in [4.69, 9.17) is 4.42 Å². The molecular formula is C14H14N2O4S. The molecular weight excluding hydrogens is 292 g/mol. The van der Waals surface area contributed by atoms with Crippen LogP contribution in [0.3, 0.4) is 0 Å². The van der Waals surface area contributed by atoms with Crippen molar-refractivity contribution in [2.75, 3.05) is 17.2 Å². The van der Waals surface area contributed by atoms with Crippen LogP contribution in [0.2, 0.25) is 0 Å². The van der Waals surface area contributed by atoms with Gasteiger partial charge in [0.05, 0.1) is 11.2 Å². The molecule has 7 heteroatoms. The smallest absolute Gasteiger partial charge is 0.406 e. The third-order valence-electron chi connectivity index (χ3n) is 3.44. The van der Waals surface area contributed by atoms with Crippen LogP contribution in [0.1, 0.15) is 13.3 Å². The van der Waals surface area contributed by atoms with Gasteiger partial charge in [-0.2, -0.15) is 0 Å². The zero-order chi connectivity index (χ0) is 15.0. The fourth-order valence-corrected chi connectivity index (χ4v) is 3.23. The molecule has 6 nitrogen and oxygen atoms in total. The average Bonchev–Trinajstić information content (AvgIpc) is 2.98. The average molecular weight is 306 g/mol. The number of nitrogens with zero attached hydrogens (tertiary/aromatic N) is 1. The molecule has 1 aromatic heterocycles. The van der Waals surface area contributed by atoms with E-state index in [0.717, 1.165) is 0 Å². The molecule has 1 aliphatic heterocycles. The van der Waals surface area contributed by atoms with E-state index >= 15 is 0 Å². The lowest BCUT2D eigenvalue weighted by Gasteiger charge is -2.16. The van der Waals surface area contributed by atoms with E-state index < -0.39 is 5.76 Å². The Labute approximate surface area is 124 Å². The molecule has 1 aliphatic rings. The van der Waals surface area contributed by atoms with Crippen LogP contribution in [0.15, 0.2) is 27.4 Å². The first-order chi connectivity index (χ1) is 10.0. The molecule has 1 aromatic carbocycles. The molecule has 2 heterocycles. The Bertz CT molecular complexity index is 764. The second-order valence-electron chi connectivity index (χ2n) is 5.05. The summed E-state index contributed by atoms with van der Waals surface area (Å²) in [6, 6.07) is 5.26. The summed E-state index contributed by atoms with van der Waals surface area (Å²) in [5.41, 5.74) is 1.58. The Kier molecular flexibility index (Phi) is 3.59. The third-order valence-corrected chi connectivity index (χ3v) is 4.49. The number of rotatable bonds is 3. The number of carbonyl (C=O) groups is 2. The number of H-pyrrole nitrogens is 1. The third kappa shape index (κ3) is 2.73. The molecule has 110 valence electrons. The van der Waals surface area contributed by atoms with Crippen molar-refractivity contribution in [2.24, 2.45) is 5.92 Å². The predicted octanol–water partition coefficient (Wildman–Crippen LogP) is 1.75. The van der Waals surface area contributed by atoms with Gasteiger partial charge in [0.1, 0.15) is 0 Å². The van der Waals surface area contributed by atoms with Crippen LogP contribution in [-0.4, -0.2) is 28.3 Å². The quantitative estimate of drug-likeness (QED) is 0.934. The van der Waals surface area contributed by atoms with E-state index in [1.165, 1.54) is 18.7 Å². The van der Waals surface area contributed by atoms with Crippen molar-refractivity contribution in [3.8, 4) is 0 Å². The molecule has 1 atom stereocenters. The number of oxazole rings is 1. The number of hydrogen-bond donors (Lipinski definition) is 1. The summed E-state index contributed by atoms with van der Waals surface area (Å²) >= 11 is 1.24. The number of aromatic amines is 1. The number of hydrogen-bond acceptors (Lipinski definition) is 5. The van der Waals surface area contributed by atoms with Crippen molar-refractivity contribution < 1.29 is 14.0 Å². The molecule has 1 unspecified atom stereocenters. The number of fused-ring (bicyclic) bond motifs is 1. The number of thioether (sulfide) groups is 1. The minimum absolute atomic E-state index is 0.0134. The van der Waals surface area contributed by atoms with Crippen LogP contribution in [-0.2, 0) is 9.59 Å². The van der Waals surface area contributed by atoms with Gasteiger partial charge in [-0.1, -0.05) is 17.8 Å². The molecule has 0 saturated carbocycles. The normalized spacial score (nSPS) is 18.6. The Morgan fingerprint density at radius 1 is 1.48 bits per heavy atom. The first-order valence-corrected chi connectivity index (χ1v) is 7.58. The second kappa shape index (κ2) is 5.40. The summed E-state index contributed by atoms with van der Waals surface area (Å²) < 4.78 is 5.13. The molecule has 1 N–H and O–H groups in total. The molecule has 1 amide bonds. The van der Waals surface area contributed by atoms with E-state index in [9.17, 15) is 14.4 Å². The highest BCUT2D eigenvalue weighted by Crippen LogP contribution is 2.31. The number of amides is 1. The molecule has 0 spiro atoms. The monoisotopic (exact) mass is 306 g/mol. The zero-order valence-corrected chi connectivity index (χ0v) is 12.2. The van der Waals surface area contributed by atoms with Crippen LogP contribution < -0.4 is 10.7 Å². The lowest BCUT2D eigenvalue weighted by atomic mass is 10.1. The first kappa shape index (κ1) is 13.9. The number of para-hydroxylation sites is 1. The van der Waals surface area contributed by atoms with Gasteiger partial charge < -0.3 is 9.32 Å². The van der Waals surface area contributed by atoms with E-state index in [1.807, 2.05) is 0 Å². The summed E-state index contributed by atoms with van der Waals surface area (Å²) in [7, 11) is 0. The lowest BCUT2D eigenvalue weighted by molar-refractivity contribution is -0.117. The minimum atomic E-state index is -0.534. The number of nitrogens with one attached hydrogen (secondary N) is 1. The Morgan fingerprint density at radius 3 is 3.05 bits per heavy atom. The van der Waals surface area contributed by atoms with Crippen molar-refractivity contribution in [1.29, 1.82) is 0 Å². The van der Waals surface area contributed by atoms with Crippen LogP contribution >= 0.6 is 11.8 Å². The molecule has 21 heavy (non-hydrogen) atoms. The van der Waals surface area contributed by atoms with Gasteiger partial charge in [0.25, 0.3) is 0 Å². The van der Waals surface area contributed by atoms with E-state index in [-0.39, 0.29) is 16.9 Å². The summed E-state index contributed by atoms with van der Waals surface area (Å²) in [5.74, 6) is 0.213. The maximum absolute atomic E-state index is 12.2. The Hall–Kier alpha value is -2.02. The lowest BCUT2D eigenvalue weighted by Crippen LogP contribution is -2.24. The van der Waals surface area contributed by atoms with Crippen molar-refractivity contribution in [3.63, 3.8) is 0 Å². The van der Waals surface area contributed by atoms with Crippen LogP contribution in [0, 0.1) is 5.92 Å². The summed E-state index contributed by atoms with van der Waals surface area (Å²) in [4.78, 5) is 38.7. The fourth-order valence-electron chi connectivity index (χ4n) is 2.53. The maximum atomic E-state index is 12.2. The van der Waals surface area contributed by atoms with E-state index in [2.05, 4.69) is 4.98 Å². The van der Waals surface area contributed by atoms with Crippen LogP contribution in [0.5, 0.6) is 0 Å². The van der Waals surface area contributed by atoms with Crippen LogP contribution in [0.25, 0.3) is 11.1 Å². The summed E-state index contributed by atoms with van der Waals surface area (Å²) in [5, 5.41) is 0.0552. The number of carbonyl (C=O) groups excluding carboxylic acids is 2. The van der Waals surface area contributed by atoms with Gasteiger partial charge in [0.2, 0.25) is 5.91 Å². The fraction of sp³-hybridized carbons (Fsp3) is 0.357. The second-order valence-corrected chi connectivity index (χ2v) is 6.24. The number of aromatic nitrogens is 1. The highest BCUT2D eigenvalue weighted by Gasteiger charge is 2.32. The molecule has 2 aromatic rings. The van der Waals surface area contributed by atoms with Gasteiger partial charge in [-0.15, -0.1) is 0 Å². The van der Waals surface area contributed by atoms with Crippen molar-refractivity contribution in [1.82, 2.24) is 4.98 Å². The van der Waals surface area contributed by atoms with Crippen molar-refractivity contribution >= 4 is 39.6 Å². The minimum Gasteiger partial charge on any atom is -0.406 e. The standard InChI is InChI=1S/C14H14N2O4S/c1-8(17)21-7-9-5-12(18)16(6-9)11-4-2-3-10-13(11)20-14(19)15-10/h2-4,9H,5-7H2,1H3,(H,15,19). The molecule has 0 radical (unpaired) electrons. The van der Waals surface area contributed by atoms with E-state index in [1.54, 1.807) is 23.1 Å². The van der Waals surface area contributed by atoms with E-state index in [0.29, 0.717) is 35.5 Å². The maximum Gasteiger partial charge on any atom is 0.417 e. The zero-order valence-electron chi connectivity index (χ0n) is 11.4. The molecule has 0 bridgehead atoms. The summed E-state index contributed by atoms with van der Waals surface area (Å²) in [6.45, 7) is 2.06. The Balaban J connectivity index is 1.87. The van der Waals surface area contributed by atoms with Crippen LogP contribution in [0.4, 0.5) is 5.69 Å². The van der Waals surface area contributed by atoms with Gasteiger partial charge in [-0.3, -0.25) is 14.6 Å². The highest BCUT2D eigenvalue weighted by molar-refractivity contribution is 8.13. The molecule has 1 fully saturated rings. The van der Waals surface area contributed by atoms with Gasteiger partial charge >= 0.3 is 5.76 Å². The number of anilines is 1. The van der Waals surface area contributed by atoms with Crippen molar-refractivity contribution in [2.45, 2.75) is 13.3 Å². The SMILES string of the molecule is CC(=O)SCC1CC(=O)N(c2cccc3[nH]c(=O)oc23)C1. The predicted molar refractivity (Wildman–Crippen MR) is 80.4 cm³/mol. The molecule has 0 aliphatic carbocycles. The molecule has 3 rings (SSSR count). The topological polar surface area (TPSA) is 83.4 Å². The van der Waals surface area contributed by atoms with Gasteiger partial charge in [-0.05, 0) is 18.1 Å². The molecule has 1 saturated heterocycles. The highest BCUT2D eigenvalue weighted by atomic mass is 32.2. The Morgan fingerprint density at radius 2 is 2.29 bits per heavy atom. The van der Waals surface area contributed by atoms with Gasteiger partial charge in [0, 0.05) is 25.6 Å². The first-order valence-electron chi connectivity index (χ1n) is 6.60.